The zero-order valence-corrected chi connectivity index (χ0v) is 14.1. The van der Waals surface area contributed by atoms with Gasteiger partial charge in [-0.15, -0.1) is 0 Å². The van der Waals surface area contributed by atoms with Crippen molar-refractivity contribution >= 4 is 12.1 Å². The molecule has 0 aromatic rings. The van der Waals surface area contributed by atoms with Crippen molar-refractivity contribution in [1.29, 1.82) is 0 Å². The second kappa shape index (κ2) is 5.57. The highest BCUT2D eigenvalue weighted by Gasteiger charge is 2.54. The highest BCUT2D eigenvalue weighted by Crippen LogP contribution is 2.39. The standard InChI is InChI=1S/C16H25NO5/c1-10(18)20-12-9-7-8-11-13(12)21-16(5,6)17(11)14(19)22-15(2,3)4/h7,9,11-13H,8H2,1-6H3/t11-,12+,13+/m1/s1. The number of hydrogen-bond acceptors (Lipinski definition) is 5. The van der Waals surface area contributed by atoms with E-state index in [4.69, 9.17) is 14.2 Å². The molecule has 0 aromatic carbocycles. The van der Waals surface area contributed by atoms with Crippen LogP contribution < -0.4 is 0 Å². The summed E-state index contributed by atoms with van der Waals surface area (Å²) in [7, 11) is 0. The van der Waals surface area contributed by atoms with Crippen LogP contribution in [-0.4, -0.2) is 46.5 Å². The molecule has 0 bridgehead atoms. The lowest BCUT2D eigenvalue weighted by Gasteiger charge is -2.35. The van der Waals surface area contributed by atoms with Gasteiger partial charge in [-0.1, -0.05) is 6.08 Å². The van der Waals surface area contributed by atoms with Crippen molar-refractivity contribution in [2.75, 3.05) is 0 Å². The maximum absolute atomic E-state index is 12.6. The van der Waals surface area contributed by atoms with E-state index in [0.717, 1.165) is 0 Å². The molecular weight excluding hydrogens is 286 g/mol. The summed E-state index contributed by atoms with van der Waals surface area (Å²) in [6.07, 6.45) is 3.10. The van der Waals surface area contributed by atoms with E-state index in [-0.39, 0.29) is 18.1 Å². The first kappa shape index (κ1) is 16.8. The van der Waals surface area contributed by atoms with E-state index in [0.29, 0.717) is 6.42 Å². The highest BCUT2D eigenvalue weighted by atomic mass is 16.6. The summed E-state index contributed by atoms with van der Waals surface area (Å²) in [5.74, 6) is -0.368. The van der Waals surface area contributed by atoms with Crippen LogP contribution in [0.25, 0.3) is 0 Å². The molecule has 0 saturated carbocycles. The van der Waals surface area contributed by atoms with Crippen molar-refractivity contribution in [2.24, 2.45) is 0 Å². The van der Waals surface area contributed by atoms with Gasteiger partial charge in [0.15, 0.2) is 0 Å². The lowest BCUT2D eigenvalue weighted by molar-refractivity contribution is -0.154. The Balaban J connectivity index is 2.23. The molecule has 22 heavy (non-hydrogen) atoms. The van der Waals surface area contributed by atoms with Crippen molar-refractivity contribution < 1.29 is 23.8 Å². The molecule has 1 heterocycles. The number of carbonyl (C=O) groups excluding carboxylic acids is 2. The van der Waals surface area contributed by atoms with Crippen molar-refractivity contribution in [2.45, 2.75) is 77.5 Å². The Morgan fingerprint density at radius 1 is 1.32 bits per heavy atom. The fraction of sp³-hybridized carbons (Fsp3) is 0.750. The summed E-state index contributed by atoms with van der Waals surface area (Å²) in [5.41, 5.74) is -1.40. The third kappa shape index (κ3) is 3.43. The second-order valence-corrected chi connectivity index (χ2v) is 7.18. The molecule has 1 fully saturated rings. The van der Waals surface area contributed by atoms with Crippen molar-refractivity contribution in [3.63, 3.8) is 0 Å². The number of ether oxygens (including phenoxy) is 3. The van der Waals surface area contributed by atoms with Gasteiger partial charge in [0.25, 0.3) is 0 Å². The van der Waals surface area contributed by atoms with Crippen LogP contribution in [0, 0.1) is 0 Å². The number of carbonyl (C=O) groups is 2. The minimum Gasteiger partial charge on any atom is -0.455 e. The van der Waals surface area contributed by atoms with Crippen LogP contribution in [-0.2, 0) is 19.0 Å². The van der Waals surface area contributed by atoms with E-state index >= 15 is 0 Å². The number of nitrogens with zero attached hydrogens (tertiary/aromatic N) is 1. The number of rotatable bonds is 1. The van der Waals surface area contributed by atoms with Gasteiger partial charge < -0.3 is 14.2 Å². The Labute approximate surface area is 131 Å². The first-order chi connectivity index (χ1) is 10.0. The third-order valence-corrected chi connectivity index (χ3v) is 3.63. The average molecular weight is 311 g/mol. The maximum Gasteiger partial charge on any atom is 0.412 e. The van der Waals surface area contributed by atoms with E-state index in [1.54, 1.807) is 4.90 Å². The summed E-state index contributed by atoms with van der Waals surface area (Å²) in [5, 5.41) is 0. The van der Waals surface area contributed by atoms with Crippen LogP contribution in [0.5, 0.6) is 0 Å². The quantitative estimate of drug-likeness (QED) is 0.550. The summed E-state index contributed by atoms with van der Waals surface area (Å²) in [4.78, 5) is 25.4. The Kier molecular flexibility index (Phi) is 4.26. The van der Waals surface area contributed by atoms with Gasteiger partial charge in [0.2, 0.25) is 0 Å². The first-order valence-electron chi connectivity index (χ1n) is 7.55. The predicted molar refractivity (Wildman–Crippen MR) is 80.1 cm³/mol. The monoisotopic (exact) mass is 311 g/mol. The normalized spacial score (nSPS) is 29.9. The second-order valence-electron chi connectivity index (χ2n) is 7.18. The Bertz CT molecular complexity index is 491. The van der Waals surface area contributed by atoms with Crippen LogP contribution in [0.3, 0.4) is 0 Å². The lowest BCUT2D eigenvalue weighted by atomic mass is 9.95. The molecule has 2 aliphatic rings. The van der Waals surface area contributed by atoms with E-state index in [1.165, 1.54) is 6.92 Å². The van der Waals surface area contributed by atoms with Gasteiger partial charge in [0.05, 0.1) is 6.04 Å². The summed E-state index contributed by atoms with van der Waals surface area (Å²) in [6.45, 7) is 10.5. The van der Waals surface area contributed by atoms with Gasteiger partial charge in [0, 0.05) is 6.92 Å². The summed E-state index contributed by atoms with van der Waals surface area (Å²) >= 11 is 0. The van der Waals surface area contributed by atoms with Gasteiger partial charge in [-0.05, 0) is 47.1 Å². The minimum atomic E-state index is -0.817. The van der Waals surface area contributed by atoms with Gasteiger partial charge in [-0.25, -0.2) is 4.79 Å². The molecule has 1 amide bonds. The maximum atomic E-state index is 12.6. The van der Waals surface area contributed by atoms with E-state index in [1.807, 2.05) is 46.8 Å². The topological polar surface area (TPSA) is 65.1 Å². The molecule has 2 rings (SSSR count). The fourth-order valence-corrected chi connectivity index (χ4v) is 2.97. The Morgan fingerprint density at radius 3 is 2.50 bits per heavy atom. The zero-order valence-electron chi connectivity index (χ0n) is 14.1. The zero-order chi connectivity index (χ0) is 16.7. The van der Waals surface area contributed by atoms with Crippen molar-refractivity contribution in [3.05, 3.63) is 12.2 Å². The molecule has 0 radical (unpaired) electrons. The molecule has 6 nitrogen and oxygen atoms in total. The minimum absolute atomic E-state index is 0.209. The molecule has 1 aliphatic heterocycles. The smallest absolute Gasteiger partial charge is 0.412 e. The highest BCUT2D eigenvalue weighted by molar-refractivity contribution is 5.70. The largest absolute Gasteiger partial charge is 0.455 e. The van der Waals surface area contributed by atoms with Crippen LogP contribution in [0.2, 0.25) is 0 Å². The lowest BCUT2D eigenvalue weighted by Crippen LogP contribution is -2.51. The Hall–Kier alpha value is -1.56. The molecule has 6 heteroatoms. The molecule has 1 saturated heterocycles. The molecule has 0 spiro atoms. The average Bonchev–Trinajstić information content (AvgIpc) is 2.57. The summed E-state index contributed by atoms with van der Waals surface area (Å²) < 4.78 is 16.8. The van der Waals surface area contributed by atoms with Crippen LogP contribution in [0.15, 0.2) is 12.2 Å². The van der Waals surface area contributed by atoms with Gasteiger partial charge >= 0.3 is 12.1 Å². The Morgan fingerprint density at radius 2 is 1.95 bits per heavy atom. The molecule has 3 atom stereocenters. The molecule has 124 valence electrons. The number of fused-ring (bicyclic) bond motifs is 1. The van der Waals surface area contributed by atoms with Gasteiger partial charge in [0.1, 0.15) is 23.5 Å². The van der Waals surface area contributed by atoms with Crippen molar-refractivity contribution in [1.82, 2.24) is 4.90 Å². The SMILES string of the molecule is CC(=O)O[C@H]1C=CC[C@@H]2[C@@H]1OC(C)(C)N2C(=O)OC(C)(C)C. The molecular formula is C16H25NO5. The van der Waals surface area contributed by atoms with E-state index in [9.17, 15) is 9.59 Å². The van der Waals surface area contributed by atoms with E-state index < -0.39 is 23.5 Å². The third-order valence-electron chi connectivity index (χ3n) is 3.63. The van der Waals surface area contributed by atoms with E-state index in [2.05, 4.69) is 0 Å². The summed E-state index contributed by atoms with van der Waals surface area (Å²) in [6, 6.07) is -0.209. The van der Waals surface area contributed by atoms with Crippen LogP contribution in [0.4, 0.5) is 4.79 Å². The molecule has 1 aliphatic carbocycles. The fourth-order valence-electron chi connectivity index (χ4n) is 2.97. The molecule has 0 unspecified atom stereocenters. The van der Waals surface area contributed by atoms with Gasteiger partial charge in [-0.2, -0.15) is 0 Å². The predicted octanol–water partition coefficient (Wildman–Crippen LogP) is 2.62. The number of esters is 1. The molecule has 0 aromatic heterocycles. The number of hydrogen-bond donors (Lipinski definition) is 0. The van der Waals surface area contributed by atoms with Crippen molar-refractivity contribution in [3.8, 4) is 0 Å². The molecule has 0 N–H and O–H groups in total. The van der Waals surface area contributed by atoms with Crippen LogP contribution >= 0.6 is 0 Å². The first-order valence-corrected chi connectivity index (χ1v) is 7.55. The van der Waals surface area contributed by atoms with Crippen LogP contribution in [0.1, 0.15) is 48.0 Å². The number of amides is 1. The van der Waals surface area contributed by atoms with Gasteiger partial charge in [-0.3, -0.25) is 9.69 Å².